The molecule has 1 amide bonds. The highest BCUT2D eigenvalue weighted by atomic mass is 35.5. The van der Waals surface area contributed by atoms with Crippen molar-refractivity contribution in [1.29, 1.82) is 0 Å². The zero-order valence-corrected chi connectivity index (χ0v) is 10.7. The summed E-state index contributed by atoms with van der Waals surface area (Å²) in [5, 5.41) is 0.730. The topological polar surface area (TPSA) is 46.3 Å². The zero-order valence-electron chi connectivity index (χ0n) is 9.90. The molecule has 92 valence electrons. The third-order valence-corrected chi connectivity index (χ3v) is 3.46. The largest absolute Gasteiger partial charge is 0.369 e. The molecule has 1 saturated carbocycles. The summed E-state index contributed by atoms with van der Waals surface area (Å²) in [6.45, 7) is 2.43. The number of carbonyl (C=O) groups excluding carboxylic acids is 1. The van der Waals surface area contributed by atoms with Gasteiger partial charge in [0.05, 0.1) is 6.54 Å². The maximum Gasteiger partial charge on any atom is 0.231 e. The van der Waals surface area contributed by atoms with Gasteiger partial charge >= 0.3 is 0 Å². The number of primary amides is 1. The molecule has 1 atom stereocenters. The zero-order chi connectivity index (χ0) is 12.4. The average Bonchev–Trinajstić information content (AvgIpc) is 3.09. The Morgan fingerprint density at radius 1 is 1.47 bits per heavy atom. The molecule has 0 bridgehead atoms. The summed E-state index contributed by atoms with van der Waals surface area (Å²) >= 11 is 5.87. The second-order valence-corrected chi connectivity index (χ2v) is 5.03. The van der Waals surface area contributed by atoms with Crippen LogP contribution in [-0.4, -0.2) is 23.4 Å². The lowest BCUT2D eigenvalue weighted by atomic mass is 10.1. The van der Waals surface area contributed by atoms with Crippen LogP contribution in [0.15, 0.2) is 24.3 Å². The normalized spacial score (nSPS) is 17.1. The van der Waals surface area contributed by atoms with Crippen molar-refractivity contribution >= 4 is 17.5 Å². The van der Waals surface area contributed by atoms with Crippen LogP contribution in [0.1, 0.15) is 31.4 Å². The lowest BCUT2D eigenvalue weighted by Gasteiger charge is -2.28. The molecule has 17 heavy (non-hydrogen) atoms. The average molecular weight is 253 g/mol. The van der Waals surface area contributed by atoms with Gasteiger partial charge in [-0.05, 0) is 37.5 Å². The van der Waals surface area contributed by atoms with Crippen LogP contribution in [0.4, 0.5) is 0 Å². The predicted molar refractivity (Wildman–Crippen MR) is 68.8 cm³/mol. The van der Waals surface area contributed by atoms with Gasteiger partial charge in [-0.25, -0.2) is 0 Å². The Morgan fingerprint density at radius 2 is 2.06 bits per heavy atom. The smallest absolute Gasteiger partial charge is 0.231 e. The lowest BCUT2D eigenvalue weighted by Crippen LogP contribution is -2.37. The van der Waals surface area contributed by atoms with Crippen LogP contribution in [0.3, 0.4) is 0 Å². The van der Waals surface area contributed by atoms with Crippen molar-refractivity contribution in [2.24, 2.45) is 5.73 Å². The Hall–Kier alpha value is -1.06. The molecule has 4 heteroatoms. The highest BCUT2D eigenvalue weighted by molar-refractivity contribution is 6.30. The summed E-state index contributed by atoms with van der Waals surface area (Å²) in [6, 6.07) is 8.47. The second kappa shape index (κ2) is 5.07. The van der Waals surface area contributed by atoms with Gasteiger partial charge in [0.15, 0.2) is 0 Å². The van der Waals surface area contributed by atoms with E-state index in [2.05, 4.69) is 11.8 Å². The molecule has 0 saturated heterocycles. The minimum Gasteiger partial charge on any atom is -0.369 e. The van der Waals surface area contributed by atoms with Gasteiger partial charge < -0.3 is 5.73 Å². The van der Waals surface area contributed by atoms with Gasteiger partial charge in [-0.1, -0.05) is 23.7 Å². The van der Waals surface area contributed by atoms with Gasteiger partial charge in [-0.2, -0.15) is 0 Å². The lowest BCUT2D eigenvalue weighted by molar-refractivity contribution is -0.119. The van der Waals surface area contributed by atoms with E-state index in [1.807, 2.05) is 24.3 Å². The number of amides is 1. The molecule has 1 aliphatic carbocycles. The molecule has 0 radical (unpaired) electrons. The number of nitrogens with zero attached hydrogens (tertiary/aromatic N) is 1. The van der Waals surface area contributed by atoms with Gasteiger partial charge in [-0.3, -0.25) is 9.69 Å². The number of nitrogens with two attached hydrogens (primary N) is 1. The van der Waals surface area contributed by atoms with E-state index < -0.39 is 0 Å². The van der Waals surface area contributed by atoms with Gasteiger partial charge in [0.1, 0.15) is 0 Å². The van der Waals surface area contributed by atoms with Crippen molar-refractivity contribution in [2.45, 2.75) is 31.8 Å². The SMILES string of the molecule is C[C@@H](c1ccc(Cl)cc1)N(CC(N)=O)C1CC1. The highest BCUT2D eigenvalue weighted by Crippen LogP contribution is 2.34. The van der Waals surface area contributed by atoms with E-state index >= 15 is 0 Å². The van der Waals surface area contributed by atoms with Gasteiger partial charge in [0.2, 0.25) is 5.91 Å². The number of hydrogen-bond acceptors (Lipinski definition) is 2. The number of carbonyl (C=O) groups is 1. The summed E-state index contributed by atoms with van der Waals surface area (Å²) < 4.78 is 0. The van der Waals surface area contributed by atoms with Crippen molar-refractivity contribution in [3.63, 3.8) is 0 Å². The molecule has 1 aromatic carbocycles. The first-order valence-electron chi connectivity index (χ1n) is 5.87. The molecule has 0 aromatic heterocycles. The molecule has 1 aliphatic rings. The third kappa shape index (κ3) is 3.20. The van der Waals surface area contributed by atoms with E-state index in [1.165, 1.54) is 5.56 Å². The van der Waals surface area contributed by atoms with Crippen LogP contribution in [0.25, 0.3) is 0 Å². The highest BCUT2D eigenvalue weighted by Gasteiger charge is 2.33. The Balaban J connectivity index is 2.12. The molecule has 1 fully saturated rings. The molecule has 0 unspecified atom stereocenters. The third-order valence-electron chi connectivity index (χ3n) is 3.20. The molecule has 0 aliphatic heterocycles. The van der Waals surface area contributed by atoms with Crippen molar-refractivity contribution < 1.29 is 4.79 Å². The Kier molecular flexibility index (Phi) is 3.69. The number of hydrogen-bond donors (Lipinski definition) is 1. The fourth-order valence-corrected chi connectivity index (χ4v) is 2.23. The molecule has 2 N–H and O–H groups in total. The molecular weight excluding hydrogens is 236 g/mol. The number of halogens is 1. The van der Waals surface area contributed by atoms with Gasteiger partial charge in [0.25, 0.3) is 0 Å². The quantitative estimate of drug-likeness (QED) is 0.875. The van der Waals surface area contributed by atoms with Gasteiger partial charge in [-0.15, -0.1) is 0 Å². The Morgan fingerprint density at radius 3 is 2.53 bits per heavy atom. The van der Waals surface area contributed by atoms with Crippen LogP contribution < -0.4 is 5.73 Å². The van der Waals surface area contributed by atoms with E-state index in [9.17, 15) is 4.79 Å². The van der Waals surface area contributed by atoms with Crippen LogP contribution in [0.2, 0.25) is 5.02 Å². The fourth-order valence-electron chi connectivity index (χ4n) is 2.10. The predicted octanol–water partition coefficient (Wildman–Crippen LogP) is 2.35. The summed E-state index contributed by atoms with van der Waals surface area (Å²) in [5.74, 6) is -0.266. The molecule has 1 aromatic rings. The van der Waals surface area contributed by atoms with Crippen LogP contribution in [0.5, 0.6) is 0 Å². The standard InChI is InChI=1S/C13H17ClN2O/c1-9(10-2-4-11(14)5-3-10)16(8-13(15)17)12-6-7-12/h2-5,9,12H,6-8H2,1H3,(H2,15,17)/t9-/m0/s1. The van der Waals surface area contributed by atoms with E-state index in [0.717, 1.165) is 17.9 Å². The van der Waals surface area contributed by atoms with E-state index in [1.54, 1.807) is 0 Å². The first kappa shape index (κ1) is 12.4. The second-order valence-electron chi connectivity index (χ2n) is 4.60. The summed E-state index contributed by atoms with van der Waals surface area (Å²) in [7, 11) is 0. The maximum absolute atomic E-state index is 11.1. The van der Waals surface area contributed by atoms with Crippen LogP contribution in [0, 0.1) is 0 Å². The fraction of sp³-hybridized carbons (Fsp3) is 0.462. The summed E-state index contributed by atoms with van der Waals surface area (Å²) in [5.41, 5.74) is 6.47. The molecule has 0 heterocycles. The van der Waals surface area contributed by atoms with Crippen LogP contribution in [-0.2, 0) is 4.79 Å². The van der Waals surface area contributed by atoms with Crippen LogP contribution >= 0.6 is 11.6 Å². The number of benzene rings is 1. The van der Waals surface area contributed by atoms with E-state index in [-0.39, 0.29) is 11.9 Å². The minimum absolute atomic E-state index is 0.201. The van der Waals surface area contributed by atoms with Crippen molar-refractivity contribution in [3.8, 4) is 0 Å². The van der Waals surface area contributed by atoms with Crippen molar-refractivity contribution in [3.05, 3.63) is 34.9 Å². The Labute approximate surface area is 107 Å². The molecule has 3 nitrogen and oxygen atoms in total. The minimum atomic E-state index is -0.266. The monoisotopic (exact) mass is 252 g/mol. The number of rotatable bonds is 5. The van der Waals surface area contributed by atoms with Gasteiger partial charge in [0, 0.05) is 17.1 Å². The maximum atomic E-state index is 11.1. The molecular formula is C13H17ClN2O. The molecule has 0 spiro atoms. The summed E-state index contributed by atoms with van der Waals surface area (Å²) in [4.78, 5) is 13.3. The molecule has 2 rings (SSSR count). The summed E-state index contributed by atoms with van der Waals surface area (Å²) in [6.07, 6.45) is 2.32. The van der Waals surface area contributed by atoms with Crippen molar-refractivity contribution in [2.75, 3.05) is 6.54 Å². The Bertz CT molecular complexity index is 400. The first-order valence-corrected chi connectivity index (χ1v) is 6.25. The van der Waals surface area contributed by atoms with Crippen molar-refractivity contribution in [1.82, 2.24) is 4.90 Å². The van der Waals surface area contributed by atoms with E-state index in [0.29, 0.717) is 12.6 Å². The van der Waals surface area contributed by atoms with E-state index in [4.69, 9.17) is 17.3 Å². The first-order chi connectivity index (χ1) is 8.08.